The highest BCUT2D eigenvalue weighted by atomic mass is 79.9. The molecule has 0 fully saturated rings. The Morgan fingerprint density at radius 3 is 2.81 bits per heavy atom. The van der Waals surface area contributed by atoms with Gasteiger partial charge in [-0.1, -0.05) is 41.1 Å². The maximum Gasteiger partial charge on any atom is 0.270 e. The minimum atomic E-state index is -0.463. The van der Waals surface area contributed by atoms with Gasteiger partial charge < -0.3 is 4.74 Å². The maximum absolute atomic E-state index is 12.2. The molecule has 27 heavy (non-hydrogen) atoms. The van der Waals surface area contributed by atoms with Crippen molar-refractivity contribution >= 4 is 54.2 Å². The number of carbonyl (C=O) groups excluding carboxylic acids is 1. The number of halogens is 1. The summed E-state index contributed by atoms with van der Waals surface area (Å²) in [6.45, 7) is 3.95. The number of ether oxygens (including phenoxy) is 1. The van der Waals surface area contributed by atoms with Crippen molar-refractivity contribution < 1.29 is 14.5 Å². The van der Waals surface area contributed by atoms with Gasteiger partial charge in [0.25, 0.3) is 11.6 Å². The molecule has 0 saturated heterocycles. The molecule has 0 radical (unpaired) electrons. The van der Waals surface area contributed by atoms with Crippen LogP contribution < -0.4 is 10.1 Å². The lowest BCUT2D eigenvalue weighted by atomic mass is 10.0. The van der Waals surface area contributed by atoms with Crippen molar-refractivity contribution in [2.24, 2.45) is 0 Å². The number of nitrogens with zero attached hydrogens (tertiary/aromatic N) is 2. The zero-order chi connectivity index (χ0) is 19.6. The molecule has 1 amide bonds. The fraction of sp³-hybridized carbons (Fsp3) is 0.222. The summed E-state index contributed by atoms with van der Waals surface area (Å²) >= 11 is 4.62. The molecule has 0 spiro atoms. The van der Waals surface area contributed by atoms with Crippen molar-refractivity contribution in [3.05, 3.63) is 56.5 Å². The predicted octanol–water partition coefficient (Wildman–Crippen LogP) is 5.11. The first-order chi connectivity index (χ1) is 12.8. The molecule has 3 aromatic rings. The third kappa shape index (κ3) is 4.61. The normalized spacial score (nSPS) is 11.0. The van der Waals surface area contributed by atoms with Crippen LogP contribution in [0.3, 0.4) is 0 Å². The topological polar surface area (TPSA) is 94.4 Å². The van der Waals surface area contributed by atoms with E-state index < -0.39 is 4.92 Å². The first kappa shape index (κ1) is 19.2. The Morgan fingerprint density at radius 2 is 2.11 bits per heavy atom. The molecule has 0 aliphatic rings. The number of hydrogen-bond acceptors (Lipinski definition) is 6. The third-order valence-electron chi connectivity index (χ3n) is 3.78. The molecule has 1 N–H and O–H groups in total. The van der Waals surface area contributed by atoms with Crippen molar-refractivity contribution in [2.45, 2.75) is 19.8 Å². The highest BCUT2D eigenvalue weighted by Crippen LogP contribution is 2.30. The SMILES string of the molecule is CC(C)c1cc(Br)ccc1OCC(=O)Nc1nc2ccc([N+](=O)[O-])cc2s1. The largest absolute Gasteiger partial charge is 0.483 e. The number of nitro benzene ring substituents is 1. The van der Waals surface area contributed by atoms with Crippen molar-refractivity contribution in [3.8, 4) is 5.75 Å². The van der Waals surface area contributed by atoms with Crippen LogP contribution in [-0.2, 0) is 4.79 Å². The van der Waals surface area contributed by atoms with Gasteiger partial charge in [-0.3, -0.25) is 20.2 Å². The minimum Gasteiger partial charge on any atom is -0.483 e. The molecule has 0 unspecified atom stereocenters. The summed E-state index contributed by atoms with van der Waals surface area (Å²) in [6, 6.07) is 10.0. The van der Waals surface area contributed by atoms with Crippen molar-refractivity contribution in [3.63, 3.8) is 0 Å². The van der Waals surface area contributed by atoms with E-state index in [-0.39, 0.29) is 24.1 Å². The molecular formula is C18H16BrN3O4S. The zero-order valence-corrected chi connectivity index (χ0v) is 17.0. The molecule has 0 bridgehead atoms. The Bertz CT molecular complexity index is 1020. The number of hydrogen-bond donors (Lipinski definition) is 1. The molecule has 1 aromatic heterocycles. The number of carbonyl (C=O) groups is 1. The van der Waals surface area contributed by atoms with Crippen LogP contribution in [0.4, 0.5) is 10.8 Å². The van der Waals surface area contributed by atoms with E-state index >= 15 is 0 Å². The van der Waals surface area contributed by atoms with Gasteiger partial charge in [-0.15, -0.1) is 0 Å². The van der Waals surface area contributed by atoms with Gasteiger partial charge in [0.1, 0.15) is 5.75 Å². The number of aromatic nitrogens is 1. The first-order valence-electron chi connectivity index (χ1n) is 8.10. The van der Waals surface area contributed by atoms with Crippen LogP contribution in [0.25, 0.3) is 10.2 Å². The Kier molecular flexibility index (Phi) is 5.71. The highest BCUT2D eigenvalue weighted by molar-refractivity contribution is 9.10. The van der Waals surface area contributed by atoms with Gasteiger partial charge >= 0.3 is 0 Å². The molecule has 3 rings (SSSR count). The second kappa shape index (κ2) is 8.01. The van der Waals surface area contributed by atoms with Gasteiger partial charge in [0, 0.05) is 16.6 Å². The number of benzene rings is 2. The van der Waals surface area contributed by atoms with Gasteiger partial charge in [0.15, 0.2) is 11.7 Å². The predicted molar refractivity (Wildman–Crippen MR) is 109 cm³/mol. The van der Waals surface area contributed by atoms with Gasteiger partial charge in [0.05, 0.1) is 15.1 Å². The van der Waals surface area contributed by atoms with Crippen LogP contribution in [-0.4, -0.2) is 22.4 Å². The second-order valence-electron chi connectivity index (χ2n) is 6.10. The number of anilines is 1. The molecule has 7 nitrogen and oxygen atoms in total. The number of nitro groups is 1. The molecule has 0 aliphatic carbocycles. The van der Waals surface area contributed by atoms with Crippen LogP contribution in [0.1, 0.15) is 25.3 Å². The van der Waals surface area contributed by atoms with E-state index in [1.807, 2.05) is 18.2 Å². The summed E-state index contributed by atoms with van der Waals surface area (Å²) < 4.78 is 7.25. The molecule has 1 heterocycles. The van der Waals surface area contributed by atoms with Crippen LogP contribution >= 0.6 is 27.3 Å². The molecule has 0 aliphatic heterocycles. The second-order valence-corrected chi connectivity index (χ2v) is 8.05. The molecule has 2 aromatic carbocycles. The van der Waals surface area contributed by atoms with Crippen LogP contribution in [0.5, 0.6) is 5.75 Å². The van der Waals surface area contributed by atoms with E-state index in [1.54, 1.807) is 6.07 Å². The Hall–Kier alpha value is -2.52. The summed E-state index contributed by atoms with van der Waals surface area (Å²) in [5.74, 6) is 0.560. The van der Waals surface area contributed by atoms with E-state index in [1.165, 1.54) is 23.5 Å². The summed E-state index contributed by atoms with van der Waals surface area (Å²) in [4.78, 5) is 26.9. The number of fused-ring (bicyclic) bond motifs is 1. The number of nitrogens with one attached hydrogen (secondary N) is 1. The van der Waals surface area contributed by atoms with Crippen LogP contribution in [0.2, 0.25) is 0 Å². The molecule has 0 atom stereocenters. The first-order valence-corrected chi connectivity index (χ1v) is 9.71. The van der Waals surface area contributed by atoms with Gasteiger partial charge in [0.2, 0.25) is 0 Å². The van der Waals surface area contributed by atoms with E-state index in [0.29, 0.717) is 21.1 Å². The van der Waals surface area contributed by atoms with Gasteiger partial charge in [-0.25, -0.2) is 4.98 Å². The fourth-order valence-corrected chi connectivity index (χ4v) is 3.77. The summed E-state index contributed by atoms with van der Waals surface area (Å²) in [7, 11) is 0. The molecule has 140 valence electrons. The Balaban J connectivity index is 1.68. The van der Waals surface area contributed by atoms with E-state index in [0.717, 1.165) is 10.0 Å². The lowest BCUT2D eigenvalue weighted by Gasteiger charge is -2.14. The van der Waals surface area contributed by atoms with E-state index in [9.17, 15) is 14.9 Å². The average molecular weight is 450 g/mol. The van der Waals surface area contributed by atoms with Crippen molar-refractivity contribution in [1.82, 2.24) is 4.98 Å². The average Bonchev–Trinajstić information content (AvgIpc) is 3.01. The Labute approximate surface area is 167 Å². The number of non-ortho nitro benzene ring substituents is 1. The molecular weight excluding hydrogens is 434 g/mol. The lowest BCUT2D eigenvalue weighted by Crippen LogP contribution is -2.20. The Morgan fingerprint density at radius 1 is 1.33 bits per heavy atom. The fourth-order valence-electron chi connectivity index (χ4n) is 2.48. The summed E-state index contributed by atoms with van der Waals surface area (Å²) in [5.41, 5.74) is 1.59. The minimum absolute atomic E-state index is 0.0104. The third-order valence-corrected chi connectivity index (χ3v) is 5.21. The van der Waals surface area contributed by atoms with Crippen molar-refractivity contribution in [1.29, 1.82) is 0 Å². The van der Waals surface area contributed by atoms with Gasteiger partial charge in [-0.2, -0.15) is 0 Å². The van der Waals surface area contributed by atoms with Crippen LogP contribution in [0, 0.1) is 10.1 Å². The summed E-state index contributed by atoms with van der Waals surface area (Å²) in [6.07, 6.45) is 0. The smallest absolute Gasteiger partial charge is 0.270 e. The lowest BCUT2D eigenvalue weighted by molar-refractivity contribution is -0.384. The highest BCUT2D eigenvalue weighted by Gasteiger charge is 2.14. The molecule has 0 saturated carbocycles. The van der Waals surface area contributed by atoms with Gasteiger partial charge in [-0.05, 0) is 35.7 Å². The van der Waals surface area contributed by atoms with Crippen molar-refractivity contribution in [2.75, 3.05) is 11.9 Å². The number of thiazole rings is 1. The molecule has 9 heteroatoms. The standard InChI is InChI=1S/C18H16BrN3O4S/c1-10(2)13-7-11(19)3-6-15(13)26-9-17(23)21-18-20-14-5-4-12(22(24)25)8-16(14)27-18/h3-8,10H,9H2,1-2H3,(H,20,21,23). The van der Waals surface area contributed by atoms with Crippen LogP contribution in [0.15, 0.2) is 40.9 Å². The number of rotatable bonds is 6. The number of amides is 1. The summed E-state index contributed by atoms with van der Waals surface area (Å²) in [5, 5.41) is 13.9. The quantitative estimate of drug-likeness (QED) is 0.416. The van der Waals surface area contributed by atoms with E-state index in [4.69, 9.17) is 4.74 Å². The zero-order valence-electron chi connectivity index (χ0n) is 14.6. The van der Waals surface area contributed by atoms with E-state index in [2.05, 4.69) is 40.1 Å². The maximum atomic E-state index is 12.2. The monoisotopic (exact) mass is 449 g/mol.